The van der Waals surface area contributed by atoms with Gasteiger partial charge < -0.3 is 4.74 Å². The Morgan fingerprint density at radius 1 is 0.962 bits per heavy atom. The van der Waals surface area contributed by atoms with E-state index in [1.165, 1.54) is 5.56 Å². The molecule has 0 aliphatic carbocycles. The van der Waals surface area contributed by atoms with Gasteiger partial charge >= 0.3 is 5.97 Å². The summed E-state index contributed by atoms with van der Waals surface area (Å²) in [6, 6.07) is 23.4. The summed E-state index contributed by atoms with van der Waals surface area (Å²) in [5.41, 5.74) is 3.88. The number of rotatable bonds is 4. The fourth-order valence-corrected chi connectivity index (χ4v) is 2.25. The highest BCUT2D eigenvalue weighted by Gasteiger charge is 2.08. The lowest BCUT2D eigenvalue weighted by Gasteiger charge is -2.04. The van der Waals surface area contributed by atoms with E-state index in [0.29, 0.717) is 16.9 Å². The summed E-state index contributed by atoms with van der Waals surface area (Å²) in [6.45, 7) is 2.03. The van der Waals surface area contributed by atoms with Gasteiger partial charge in [-0.15, -0.1) is 0 Å². The summed E-state index contributed by atoms with van der Waals surface area (Å²) in [5, 5.41) is 8.78. The van der Waals surface area contributed by atoms with Crippen LogP contribution in [-0.2, 0) is 0 Å². The Balaban J connectivity index is 1.64. The summed E-state index contributed by atoms with van der Waals surface area (Å²) in [4.78, 5) is 16.5. The first-order valence-electron chi connectivity index (χ1n) is 8.07. The van der Waals surface area contributed by atoms with Crippen molar-refractivity contribution in [3.8, 4) is 11.8 Å². The summed E-state index contributed by atoms with van der Waals surface area (Å²) >= 11 is 0. The lowest BCUT2D eigenvalue weighted by Crippen LogP contribution is -2.08. The highest BCUT2D eigenvalue weighted by atomic mass is 16.5. The van der Waals surface area contributed by atoms with E-state index >= 15 is 0 Å². The third-order valence-electron chi connectivity index (χ3n) is 3.74. The van der Waals surface area contributed by atoms with Crippen molar-refractivity contribution >= 4 is 17.9 Å². The number of carbonyl (C=O) groups excluding carboxylic acids is 1. The quantitative estimate of drug-likeness (QED) is 0.388. The number of aryl methyl sites for hydroxylation is 1. The lowest BCUT2D eigenvalue weighted by molar-refractivity contribution is 0.0735. The van der Waals surface area contributed by atoms with E-state index in [0.717, 1.165) is 11.3 Å². The minimum atomic E-state index is -0.462. The predicted molar refractivity (Wildman–Crippen MR) is 101 cm³/mol. The molecular weight excluding hydrogens is 324 g/mol. The first-order chi connectivity index (χ1) is 12.6. The fourth-order valence-electron chi connectivity index (χ4n) is 2.25. The van der Waals surface area contributed by atoms with E-state index in [1.807, 2.05) is 49.4 Å². The highest BCUT2D eigenvalue weighted by molar-refractivity contribution is 5.91. The Hall–Kier alpha value is -3.71. The number of benzene rings is 3. The van der Waals surface area contributed by atoms with Gasteiger partial charge in [-0.1, -0.05) is 17.7 Å². The number of nitrogens with zero attached hydrogens (tertiary/aromatic N) is 2. The molecule has 0 radical (unpaired) electrons. The molecule has 0 N–H and O–H groups in total. The van der Waals surface area contributed by atoms with Crippen LogP contribution in [0.15, 0.2) is 77.8 Å². The summed E-state index contributed by atoms with van der Waals surface area (Å²) < 4.78 is 5.34. The second kappa shape index (κ2) is 7.91. The summed E-state index contributed by atoms with van der Waals surface area (Å²) in [7, 11) is 0. The Kier molecular flexibility index (Phi) is 5.21. The number of esters is 1. The van der Waals surface area contributed by atoms with Crippen LogP contribution in [0.5, 0.6) is 5.75 Å². The average Bonchev–Trinajstić information content (AvgIpc) is 2.68. The van der Waals surface area contributed by atoms with E-state index in [-0.39, 0.29) is 0 Å². The normalized spacial score (nSPS) is 10.5. The van der Waals surface area contributed by atoms with Crippen molar-refractivity contribution in [3.63, 3.8) is 0 Å². The number of carbonyl (C=O) groups is 1. The van der Waals surface area contributed by atoms with E-state index in [9.17, 15) is 4.79 Å². The van der Waals surface area contributed by atoms with E-state index in [2.05, 4.69) is 4.99 Å². The first kappa shape index (κ1) is 17.1. The third kappa shape index (κ3) is 4.43. The van der Waals surface area contributed by atoms with Gasteiger partial charge in [-0.3, -0.25) is 4.99 Å². The number of aliphatic imine (C=N–C) groups is 1. The van der Waals surface area contributed by atoms with Crippen LogP contribution in [0.25, 0.3) is 0 Å². The summed E-state index contributed by atoms with van der Waals surface area (Å²) in [6.07, 6.45) is 1.76. The molecule has 0 fully saturated rings. The van der Waals surface area contributed by atoms with Crippen molar-refractivity contribution in [2.45, 2.75) is 6.92 Å². The van der Waals surface area contributed by atoms with Crippen molar-refractivity contribution in [2.75, 3.05) is 0 Å². The monoisotopic (exact) mass is 340 g/mol. The van der Waals surface area contributed by atoms with Crippen LogP contribution in [0.1, 0.15) is 27.0 Å². The molecule has 0 aliphatic heterocycles. The van der Waals surface area contributed by atoms with Crippen LogP contribution in [-0.4, -0.2) is 12.2 Å². The first-order valence-corrected chi connectivity index (χ1v) is 8.07. The maximum absolute atomic E-state index is 12.1. The molecule has 0 bridgehead atoms. The number of ether oxygens (including phenoxy) is 1. The fraction of sp³-hybridized carbons (Fsp3) is 0.0455. The third-order valence-corrected chi connectivity index (χ3v) is 3.74. The van der Waals surface area contributed by atoms with Crippen LogP contribution in [0.3, 0.4) is 0 Å². The Morgan fingerprint density at radius 3 is 2.23 bits per heavy atom. The van der Waals surface area contributed by atoms with Crippen molar-refractivity contribution in [3.05, 3.63) is 95.1 Å². The predicted octanol–water partition coefficient (Wildman–Crippen LogP) is 4.84. The second-order valence-electron chi connectivity index (χ2n) is 5.74. The molecule has 0 atom stereocenters. The van der Waals surface area contributed by atoms with Crippen LogP contribution < -0.4 is 4.74 Å². The van der Waals surface area contributed by atoms with E-state index < -0.39 is 5.97 Å². The van der Waals surface area contributed by atoms with E-state index in [1.54, 1.807) is 42.6 Å². The Labute approximate surface area is 152 Å². The molecule has 4 nitrogen and oxygen atoms in total. The van der Waals surface area contributed by atoms with Gasteiger partial charge in [-0.25, -0.2) is 4.79 Å². The molecule has 0 saturated heterocycles. The molecular formula is C22H16N2O2. The SMILES string of the molecule is Cc1ccc(N=Cc2ccc(OC(=O)c3ccc(C#N)cc3)cc2)cc1. The van der Waals surface area contributed by atoms with E-state index in [4.69, 9.17) is 10.00 Å². The molecule has 4 heteroatoms. The lowest BCUT2D eigenvalue weighted by atomic mass is 10.1. The molecule has 3 rings (SSSR count). The number of hydrogen-bond acceptors (Lipinski definition) is 4. The topological polar surface area (TPSA) is 62.4 Å². The zero-order valence-electron chi connectivity index (χ0n) is 14.2. The maximum Gasteiger partial charge on any atom is 0.343 e. The average molecular weight is 340 g/mol. The molecule has 0 amide bonds. The van der Waals surface area contributed by atoms with Crippen molar-refractivity contribution < 1.29 is 9.53 Å². The molecule has 0 unspecified atom stereocenters. The molecule has 3 aromatic carbocycles. The number of hydrogen-bond donors (Lipinski definition) is 0. The highest BCUT2D eigenvalue weighted by Crippen LogP contribution is 2.16. The number of nitriles is 1. The summed E-state index contributed by atoms with van der Waals surface area (Å²) in [5.74, 6) is -0.0117. The standard InChI is InChI=1S/C22H16N2O2/c1-16-2-10-20(11-3-16)24-15-18-6-12-21(13-7-18)26-22(25)19-8-4-17(14-23)5-9-19/h2-13,15H,1H3. The molecule has 0 aromatic heterocycles. The van der Waals surface area contributed by atoms with Crippen LogP contribution in [0, 0.1) is 18.3 Å². The van der Waals surface area contributed by atoms with Gasteiger partial charge in [0.15, 0.2) is 0 Å². The zero-order chi connectivity index (χ0) is 18.4. The van der Waals surface area contributed by atoms with Crippen LogP contribution in [0.2, 0.25) is 0 Å². The van der Waals surface area contributed by atoms with Gasteiger partial charge in [0.25, 0.3) is 0 Å². The Morgan fingerprint density at radius 2 is 1.62 bits per heavy atom. The van der Waals surface area contributed by atoms with Crippen molar-refractivity contribution in [1.29, 1.82) is 5.26 Å². The molecule has 126 valence electrons. The Bertz CT molecular complexity index is 965. The zero-order valence-corrected chi connectivity index (χ0v) is 14.2. The maximum atomic E-state index is 12.1. The van der Waals surface area contributed by atoms with Gasteiger partial charge in [0.2, 0.25) is 0 Å². The minimum absolute atomic E-state index is 0.397. The smallest absolute Gasteiger partial charge is 0.343 e. The largest absolute Gasteiger partial charge is 0.423 e. The van der Waals surface area contributed by atoms with Gasteiger partial charge in [0, 0.05) is 6.21 Å². The van der Waals surface area contributed by atoms with Crippen LogP contribution in [0.4, 0.5) is 5.69 Å². The molecule has 0 heterocycles. The van der Waals surface area contributed by atoms with Crippen LogP contribution >= 0.6 is 0 Å². The van der Waals surface area contributed by atoms with Crippen molar-refractivity contribution in [1.82, 2.24) is 0 Å². The molecule has 0 saturated carbocycles. The molecule has 0 spiro atoms. The molecule has 26 heavy (non-hydrogen) atoms. The molecule has 3 aromatic rings. The van der Waals surface area contributed by atoms with Gasteiger partial charge in [-0.05, 0) is 73.2 Å². The van der Waals surface area contributed by atoms with Crippen molar-refractivity contribution in [2.24, 2.45) is 4.99 Å². The second-order valence-corrected chi connectivity index (χ2v) is 5.74. The van der Waals surface area contributed by atoms with Gasteiger partial charge in [0.05, 0.1) is 22.9 Å². The van der Waals surface area contributed by atoms with Gasteiger partial charge in [0.1, 0.15) is 5.75 Å². The molecule has 0 aliphatic rings. The minimum Gasteiger partial charge on any atom is -0.423 e. The van der Waals surface area contributed by atoms with Gasteiger partial charge in [-0.2, -0.15) is 5.26 Å².